The molecule has 4 atom stereocenters. The first-order valence-electron chi connectivity index (χ1n) is 18.2. The molecule has 0 bridgehead atoms. The standard InChI is InChI=1S/C35H65N6O6/c1-6-9-11-31-35-38-32-33(30(26-28(4)8-3)39-40-34(32)36)41(31,35)14-12-29(10-7-2)27-37-13-15-43-18-19-45-22-23-47-25-24-46-21-20-44-17-16-42-5/h28-29,31,37H,6-27H2,1-5H3,(H2,36,40)/q+1. The van der Waals surface area contributed by atoms with Crippen LogP contribution in [0.1, 0.15) is 78.3 Å². The third-order valence-corrected chi connectivity index (χ3v) is 9.25. The van der Waals surface area contributed by atoms with E-state index in [0.29, 0.717) is 96.4 Å². The maximum absolute atomic E-state index is 6.34. The van der Waals surface area contributed by atoms with Crippen molar-refractivity contribution in [1.29, 1.82) is 0 Å². The second kappa shape index (κ2) is 22.8. The van der Waals surface area contributed by atoms with Crippen LogP contribution in [-0.2, 0) is 34.8 Å². The summed E-state index contributed by atoms with van der Waals surface area (Å²) >= 11 is 0. The molecule has 0 saturated carbocycles. The van der Waals surface area contributed by atoms with Crippen molar-refractivity contribution >= 4 is 23.0 Å². The average Bonchev–Trinajstić information content (AvgIpc) is 3.53. The Morgan fingerprint density at radius 3 is 2.00 bits per heavy atom. The number of hydrogen-bond acceptors (Lipinski definition) is 11. The lowest BCUT2D eigenvalue weighted by atomic mass is 9.98. The molecular formula is C35H65N6O6+. The highest BCUT2D eigenvalue weighted by atomic mass is 16.6. The molecule has 2 aliphatic heterocycles. The minimum atomic E-state index is 0.468. The molecule has 0 aromatic carbocycles. The predicted molar refractivity (Wildman–Crippen MR) is 189 cm³/mol. The highest BCUT2D eigenvalue weighted by Gasteiger charge is 2.70. The van der Waals surface area contributed by atoms with E-state index < -0.39 is 0 Å². The zero-order valence-electron chi connectivity index (χ0n) is 30.1. The monoisotopic (exact) mass is 665 g/mol. The van der Waals surface area contributed by atoms with Gasteiger partial charge in [0.05, 0.1) is 79.2 Å². The van der Waals surface area contributed by atoms with Crippen LogP contribution in [0.3, 0.4) is 0 Å². The Balaban J connectivity index is 1.31. The van der Waals surface area contributed by atoms with Crippen molar-refractivity contribution in [1.82, 2.24) is 20.0 Å². The molecule has 0 radical (unpaired) electrons. The van der Waals surface area contributed by atoms with Gasteiger partial charge in [-0.05, 0) is 31.2 Å². The molecular weight excluding hydrogens is 600 g/mol. The number of ether oxygens (including phenoxy) is 6. The van der Waals surface area contributed by atoms with Crippen molar-refractivity contribution in [2.75, 3.05) is 105 Å². The van der Waals surface area contributed by atoms with Crippen LogP contribution in [0.5, 0.6) is 0 Å². The number of quaternary nitrogens is 1. The predicted octanol–water partition coefficient (Wildman–Crippen LogP) is 4.70. The third kappa shape index (κ3) is 12.6. The number of nitrogen functional groups attached to an aromatic ring is 1. The molecule has 1 saturated heterocycles. The minimum Gasteiger partial charge on any atom is -0.382 e. The van der Waals surface area contributed by atoms with Gasteiger partial charge in [0, 0.05) is 32.9 Å². The Kier molecular flexibility index (Phi) is 19.2. The van der Waals surface area contributed by atoms with Gasteiger partial charge in [-0.2, -0.15) is 4.99 Å². The Labute approximate surface area is 284 Å². The van der Waals surface area contributed by atoms with E-state index in [4.69, 9.17) is 39.1 Å². The molecule has 1 aromatic rings. The topological polar surface area (TPSA) is 132 Å². The number of amidine groups is 1. The van der Waals surface area contributed by atoms with E-state index in [0.717, 1.165) is 54.8 Å². The second-order valence-corrected chi connectivity index (χ2v) is 12.9. The number of anilines is 1. The first kappa shape index (κ1) is 39.7. The number of nitrogens with two attached hydrogens (primary N) is 1. The fourth-order valence-electron chi connectivity index (χ4n) is 6.38. The molecule has 0 amide bonds. The van der Waals surface area contributed by atoms with Crippen molar-refractivity contribution in [2.24, 2.45) is 16.8 Å². The van der Waals surface area contributed by atoms with Crippen molar-refractivity contribution in [3.05, 3.63) is 5.69 Å². The molecule has 12 nitrogen and oxygen atoms in total. The van der Waals surface area contributed by atoms with Crippen LogP contribution in [0, 0.1) is 11.8 Å². The third-order valence-electron chi connectivity index (χ3n) is 9.25. The molecule has 3 N–H and O–H groups in total. The molecule has 1 fully saturated rings. The largest absolute Gasteiger partial charge is 0.382 e. The van der Waals surface area contributed by atoms with Crippen LogP contribution in [0.15, 0.2) is 4.99 Å². The molecule has 47 heavy (non-hydrogen) atoms. The summed E-state index contributed by atoms with van der Waals surface area (Å²) in [6.45, 7) is 18.3. The number of aromatic nitrogens is 2. The first-order chi connectivity index (χ1) is 23.0. The van der Waals surface area contributed by atoms with Crippen molar-refractivity contribution < 1.29 is 28.4 Å². The van der Waals surface area contributed by atoms with Crippen molar-refractivity contribution in [2.45, 2.75) is 85.1 Å². The molecule has 0 spiro atoms. The molecule has 270 valence electrons. The van der Waals surface area contributed by atoms with Gasteiger partial charge < -0.3 is 39.5 Å². The van der Waals surface area contributed by atoms with Crippen LogP contribution in [-0.4, -0.2) is 121 Å². The minimum absolute atomic E-state index is 0.468. The number of unbranched alkanes of at least 4 members (excludes halogenated alkanes) is 1. The van der Waals surface area contributed by atoms with E-state index in [1.54, 1.807) is 7.11 Å². The molecule has 3 rings (SSSR count). The number of nitrogens with one attached hydrogen (secondary N) is 1. The summed E-state index contributed by atoms with van der Waals surface area (Å²) in [6.07, 6.45) is 9.15. The van der Waals surface area contributed by atoms with Gasteiger partial charge >= 0.3 is 0 Å². The fraction of sp³-hybridized carbons (Fsp3) is 0.857. The zero-order chi connectivity index (χ0) is 33.7. The number of methoxy groups -OCH3 is 1. The van der Waals surface area contributed by atoms with Gasteiger partial charge in [0.25, 0.3) is 5.84 Å². The van der Waals surface area contributed by atoms with Crippen LogP contribution < -0.4 is 15.5 Å². The highest BCUT2D eigenvalue weighted by molar-refractivity contribution is 6.21. The Morgan fingerprint density at radius 1 is 0.809 bits per heavy atom. The summed E-state index contributed by atoms with van der Waals surface area (Å²) in [7, 11) is 1.66. The number of aliphatic imine (C=N–C) groups is 1. The zero-order valence-corrected chi connectivity index (χ0v) is 30.1. The van der Waals surface area contributed by atoms with Crippen LogP contribution in [0.2, 0.25) is 0 Å². The molecule has 4 unspecified atom stereocenters. The SMILES string of the molecule is CCCCC1C2=Nc3c(N)nnc(CC(C)CC)c3[N+]21CCC(CCC)CNCCOCCOCCOCCOCCOCCOC. The number of fused-ring (bicyclic) bond motifs is 3. The number of hydrogen-bond donors (Lipinski definition) is 2. The fourth-order valence-corrected chi connectivity index (χ4v) is 6.38. The quantitative estimate of drug-likeness (QED) is 0.0654. The smallest absolute Gasteiger partial charge is 0.270 e. The molecule has 12 heteroatoms. The van der Waals surface area contributed by atoms with E-state index in [2.05, 4.69) is 43.2 Å². The van der Waals surface area contributed by atoms with E-state index >= 15 is 0 Å². The number of nitrogens with zero attached hydrogens (tertiary/aromatic N) is 4. The van der Waals surface area contributed by atoms with E-state index in [1.165, 1.54) is 43.6 Å². The lowest BCUT2D eigenvalue weighted by molar-refractivity contribution is -0.0145. The second-order valence-electron chi connectivity index (χ2n) is 12.9. The maximum atomic E-state index is 6.34. The van der Waals surface area contributed by atoms with Crippen LogP contribution in [0.25, 0.3) is 0 Å². The summed E-state index contributed by atoms with van der Waals surface area (Å²) in [5.41, 5.74) is 9.58. The van der Waals surface area contributed by atoms with E-state index in [-0.39, 0.29) is 0 Å². The highest BCUT2D eigenvalue weighted by Crippen LogP contribution is 2.57. The summed E-state index contributed by atoms with van der Waals surface area (Å²) in [6, 6.07) is 0.468. The summed E-state index contributed by atoms with van der Waals surface area (Å²) in [5.74, 6) is 2.91. The van der Waals surface area contributed by atoms with Gasteiger partial charge in [0.15, 0.2) is 23.2 Å². The van der Waals surface area contributed by atoms with Gasteiger partial charge in [-0.1, -0.05) is 47.0 Å². The van der Waals surface area contributed by atoms with Gasteiger partial charge in [-0.3, -0.25) is 0 Å². The number of rotatable bonds is 31. The summed E-state index contributed by atoms with van der Waals surface area (Å²) in [5, 5.41) is 12.6. The summed E-state index contributed by atoms with van der Waals surface area (Å²) < 4.78 is 33.5. The average molecular weight is 666 g/mol. The Morgan fingerprint density at radius 2 is 1.43 bits per heavy atom. The van der Waals surface area contributed by atoms with Crippen molar-refractivity contribution in [3.63, 3.8) is 0 Å². The van der Waals surface area contributed by atoms with Gasteiger partial charge in [0.2, 0.25) is 0 Å². The van der Waals surface area contributed by atoms with Crippen molar-refractivity contribution in [3.8, 4) is 0 Å². The molecule has 1 aromatic heterocycles. The van der Waals surface area contributed by atoms with Crippen LogP contribution in [0.4, 0.5) is 17.2 Å². The Bertz CT molecular complexity index is 1030. The van der Waals surface area contributed by atoms with Gasteiger partial charge in [0.1, 0.15) is 5.69 Å². The first-order valence-corrected chi connectivity index (χ1v) is 18.2. The summed E-state index contributed by atoms with van der Waals surface area (Å²) in [4.78, 5) is 5.10. The maximum Gasteiger partial charge on any atom is 0.270 e. The normalized spacial score (nSPS) is 19.4. The van der Waals surface area contributed by atoms with E-state index in [1.807, 2.05) is 0 Å². The lowest BCUT2D eigenvalue weighted by Crippen LogP contribution is -2.35. The molecule has 3 heterocycles. The lowest BCUT2D eigenvalue weighted by Gasteiger charge is -2.24. The molecule has 0 aliphatic carbocycles. The Hall–Kier alpha value is -1.77. The van der Waals surface area contributed by atoms with Crippen LogP contribution >= 0.6 is 0 Å². The van der Waals surface area contributed by atoms with Gasteiger partial charge in [-0.25, -0.2) is 4.48 Å². The molecule has 2 aliphatic rings. The van der Waals surface area contributed by atoms with E-state index in [9.17, 15) is 0 Å². The van der Waals surface area contributed by atoms with Gasteiger partial charge in [-0.15, -0.1) is 10.2 Å².